The summed E-state index contributed by atoms with van der Waals surface area (Å²) in [5, 5.41) is 11.8. The van der Waals surface area contributed by atoms with Gasteiger partial charge in [-0.25, -0.2) is 0 Å². The number of carboxylic acids is 1. The van der Waals surface area contributed by atoms with Crippen LogP contribution in [-0.2, 0) is 33.3 Å². The van der Waals surface area contributed by atoms with Crippen molar-refractivity contribution in [2.24, 2.45) is 0 Å². The first-order chi connectivity index (χ1) is 42.6. The number of allylic oxidation sites excluding steroid dienone is 20. The molecule has 0 aliphatic rings. The molecule has 0 aromatic rings. The SMILES string of the molecule is CC/C=C\C/C=C\C/C=C\C/C=C\C/C=C\C/C=C\C/C=C\CCCCCCCCCCCC(=O)OC(COC(=O)CCCCCCCCCCCCCCCCCC/C=C\C/C=C\C/C=C\CCCCCCC)COC(OCC[N+](C)(C)C)C(=O)[O-]. The van der Waals surface area contributed by atoms with Crippen molar-refractivity contribution in [1.29, 1.82) is 0 Å². The van der Waals surface area contributed by atoms with Gasteiger partial charge in [0.1, 0.15) is 13.2 Å². The number of rotatable bonds is 65. The summed E-state index contributed by atoms with van der Waals surface area (Å²) in [6.45, 7) is 4.63. The van der Waals surface area contributed by atoms with Crippen molar-refractivity contribution < 1.29 is 42.9 Å². The van der Waals surface area contributed by atoms with Crippen LogP contribution in [0.25, 0.3) is 0 Å². The highest BCUT2D eigenvalue weighted by Gasteiger charge is 2.22. The van der Waals surface area contributed by atoms with E-state index in [2.05, 4.69) is 135 Å². The van der Waals surface area contributed by atoms with E-state index in [-0.39, 0.29) is 38.6 Å². The number of ether oxygens (including phenoxy) is 4. The molecule has 0 radical (unpaired) electrons. The monoisotopic (exact) mass is 1210 g/mol. The first kappa shape index (κ1) is 82.7. The van der Waals surface area contributed by atoms with Gasteiger partial charge in [-0.15, -0.1) is 0 Å². The van der Waals surface area contributed by atoms with Crippen molar-refractivity contribution in [2.75, 3.05) is 47.5 Å². The summed E-state index contributed by atoms with van der Waals surface area (Å²) in [6.07, 6.45) is 92.7. The molecule has 0 fully saturated rings. The minimum Gasteiger partial charge on any atom is -0.545 e. The quantitative estimate of drug-likeness (QED) is 0.0195. The Morgan fingerprint density at radius 2 is 0.655 bits per heavy atom. The number of unbranched alkanes of at least 4 members (excludes halogenated alkanes) is 30. The molecule has 0 saturated carbocycles. The first-order valence-electron chi connectivity index (χ1n) is 35.7. The average molecular weight is 1210 g/mol. The van der Waals surface area contributed by atoms with E-state index in [1.54, 1.807) is 0 Å². The maximum absolute atomic E-state index is 12.9. The Morgan fingerprint density at radius 3 is 0.977 bits per heavy atom. The lowest BCUT2D eigenvalue weighted by molar-refractivity contribution is -0.870. The number of likely N-dealkylation sites (N-methyl/N-ethyl adjacent to an activating group) is 1. The fourth-order valence-corrected chi connectivity index (χ4v) is 9.76. The smallest absolute Gasteiger partial charge is 0.306 e. The average Bonchev–Trinajstić information content (AvgIpc) is 3.56. The third-order valence-electron chi connectivity index (χ3n) is 15.2. The predicted octanol–water partition coefficient (Wildman–Crippen LogP) is 21.0. The van der Waals surface area contributed by atoms with Crippen LogP contribution in [0.15, 0.2) is 122 Å². The van der Waals surface area contributed by atoms with Gasteiger partial charge in [0, 0.05) is 12.8 Å². The Labute approximate surface area is 536 Å². The van der Waals surface area contributed by atoms with Crippen LogP contribution in [-0.4, -0.2) is 82.3 Å². The minimum atomic E-state index is -1.63. The highest BCUT2D eigenvalue weighted by atomic mass is 16.7. The van der Waals surface area contributed by atoms with Gasteiger partial charge < -0.3 is 33.3 Å². The molecule has 87 heavy (non-hydrogen) atoms. The van der Waals surface area contributed by atoms with E-state index < -0.39 is 24.3 Å². The van der Waals surface area contributed by atoms with Crippen LogP contribution in [0, 0.1) is 0 Å². The van der Waals surface area contributed by atoms with E-state index >= 15 is 0 Å². The number of esters is 2. The third kappa shape index (κ3) is 69.0. The normalized spacial score (nSPS) is 13.4. The maximum atomic E-state index is 12.9. The number of hydrogen-bond donors (Lipinski definition) is 0. The molecule has 0 bridgehead atoms. The van der Waals surface area contributed by atoms with Crippen molar-refractivity contribution in [3.63, 3.8) is 0 Å². The molecule has 0 aromatic heterocycles. The summed E-state index contributed by atoms with van der Waals surface area (Å²) in [7, 11) is 5.93. The van der Waals surface area contributed by atoms with Gasteiger partial charge >= 0.3 is 11.9 Å². The maximum Gasteiger partial charge on any atom is 0.306 e. The Bertz CT molecular complexity index is 1840. The molecule has 2 atom stereocenters. The van der Waals surface area contributed by atoms with E-state index in [9.17, 15) is 19.5 Å². The molecule has 0 heterocycles. The second-order valence-corrected chi connectivity index (χ2v) is 24.8. The molecular formula is C78H133NO8. The first-order valence-corrected chi connectivity index (χ1v) is 35.7. The Hall–Kier alpha value is -4.31. The van der Waals surface area contributed by atoms with Gasteiger partial charge in [0.2, 0.25) is 0 Å². The van der Waals surface area contributed by atoms with Crippen molar-refractivity contribution >= 4 is 17.9 Å². The van der Waals surface area contributed by atoms with Crippen molar-refractivity contribution in [3.05, 3.63) is 122 Å². The topological polar surface area (TPSA) is 111 Å². The van der Waals surface area contributed by atoms with Crippen molar-refractivity contribution in [2.45, 2.75) is 309 Å². The van der Waals surface area contributed by atoms with Crippen LogP contribution in [0.4, 0.5) is 0 Å². The van der Waals surface area contributed by atoms with E-state index in [0.29, 0.717) is 17.4 Å². The summed E-state index contributed by atoms with van der Waals surface area (Å²) >= 11 is 0. The number of carboxylic acid groups (broad SMARTS) is 1. The molecule has 0 N–H and O–H groups in total. The van der Waals surface area contributed by atoms with E-state index in [0.717, 1.165) is 103 Å². The van der Waals surface area contributed by atoms with Crippen molar-refractivity contribution in [3.8, 4) is 0 Å². The predicted molar refractivity (Wildman–Crippen MR) is 370 cm³/mol. The van der Waals surface area contributed by atoms with Crippen LogP contribution >= 0.6 is 0 Å². The highest BCUT2D eigenvalue weighted by Crippen LogP contribution is 2.17. The summed E-state index contributed by atoms with van der Waals surface area (Å²) in [6, 6.07) is 0. The zero-order valence-corrected chi connectivity index (χ0v) is 56.9. The molecule has 9 nitrogen and oxygen atoms in total. The van der Waals surface area contributed by atoms with Crippen molar-refractivity contribution in [1.82, 2.24) is 0 Å². The molecule has 0 amide bonds. The number of carbonyl (C=O) groups is 3. The highest BCUT2D eigenvalue weighted by molar-refractivity contribution is 5.70. The fourth-order valence-electron chi connectivity index (χ4n) is 9.76. The summed E-state index contributed by atoms with van der Waals surface area (Å²) < 4.78 is 22.8. The number of aliphatic carboxylic acids is 1. The van der Waals surface area contributed by atoms with Gasteiger partial charge in [-0.2, -0.15) is 0 Å². The van der Waals surface area contributed by atoms with Gasteiger partial charge in [0.25, 0.3) is 0 Å². The van der Waals surface area contributed by atoms with Gasteiger partial charge in [-0.3, -0.25) is 9.59 Å². The van der Waals surface area contributed by atoms with Crippen LogP contribution < -0.4 is 5.11 Å². The minimum absolute atomic E-state index is 0.142. The number of nitrogens with zero attached hydrogens (tertiary/aromatic N) is 1. The van der Waals surface area contributed by atoms with E-state index in [4.69, 9.17) is 18.9 Å². The molecule has 0 aliphatic heterocycles. The number of quaternary nitrogens is 1. The second-order valence-electron chi connectivity index (χ2n) is 24.8. The molecule has 0 rings (SSSR count). The molecular weight excluding hydrogens is 1080 g/mol. The van der Waals surface area contributed by atoms with E-state index in [1.807, 2.05) is 21.1 Å². The molecule has 0 aromatic carbocycles. The zero-order valence-electron chi connectivity index (χ0n) is 56.9. The zero-order chi connectivity index (χ0) is 63.3. The molecule has 498 valence electrons. The Balaban J connectivity index is 4.15. The third-order valence-corrected chi connectivity index (χ3v) is 15.2. The van der Waals surface area contributed by atoms with Gasteiger partial charge in [0.15, 0.2) is 12.4 Å². The molecule has 0 aliphatic carbocycles. The molecule has 0 saturated heterocycles. The summed E-state index contributed by atoms with van der Waals surface area (Å²) in [4.78, 5) is 37.5. The lowest BCUT2D eigenvalue weighted by Gasteiger charge is -2.26. The Kier molecular flexibility index (Phi) is 64.3. The summed E-state index contributed by atoms with van der Waals surface area (Å²) in [5.74, 6) is -2.29. The van der Waals surface area contributed by atoms with Crippen LogP contribution in [0.5, 0.6) is 0 Å². The van der Waals surface area contributed by atoms with Gasteiger partial charge in [-0.05, 0) is 109 Å². The lowest BCUT2D eigenvalue weighted by Crippen LogP contribution is -2.44. The number of hydrogen-bond acceptors (Lipinski definition) is 8. The van der Waals surface area contributed by atoms with E-state index in [1.165, 1.54) is 161 Å². The fraction of sp³-hybridized carbons (Fsp3) is 0.705. The molecule has 2 unspecified atom stereocenters. The summed E-state index contributed by atoms with van der Waals surface area (Å²) in [5.41, 5.74) is 0. The second kappa shape index (κ2) is 67.6. The number of carbonyl (C=O) groups excluding carboxylic acids is 3. The standard InChI is InChI=1S/C78H133NO8/c1-6-8-10-12-14-16-18-20-22-24-26-28-30-32-34-36-38-40-42-44-46-48-50-52-54-56-58-60-62-64-66-68-75(80)85-72-74(73-86-78(77(82)83)84-71-70-79(3,4)5)87-76(81)69-67-65-63-61-59-57-55-53-51-49-47-45-43-41-39-37-35-33-31-29-27-25-23-21-19-17-15-13-11-9-7-2/h9,11,15,17-18,20-21,23-24,26-27,29-30,32-33,35,39,41,45,47,74,78H,6-8,10,12-14,16,19,22,25,28,31,34,36-38,40,42-44,46,48-73H2,1-5H3/b11-9-,17-15-,20-18-,23-21-,26-24-,29-27-,32-30-,35-33-,41-39-,47-45-. The largest absolute Gasteiger partial charge is 0.545 e. The van der Waals surface area contributed by atoms with Crippen LogP contribution in [0.3, 0.4) is 0 Å². The Morgan fingerprint density at radius 1 is 0.356 bits per heavy atom. The van der Waals surface area contributed by atoms with Gasteiger partial charge in [-0.1, -0.05) is 296 Å². The van der Waals surface area contributed by atoms with Crippen LogP contribution in [0.2, 0.25) is 0 Å². The van der Waals surface area contributed by atoms with Gasteiger partial charge in [0.05, 0.1) is 40.3 Å². The molecule has 0 spiro atoms. The molecule has 9 heteroatoms. The van der Waals surface area contributed by atoms with Crippen LogP contribution in [0.1, 0.15) is 296 Å². The lowest BCUT2D eigenvalue weighted by atomic mass is 10.0.